The van der Waals surface area contributed by atoms with Crippen molar-refractivity contribution in [2.24, 2.45) is 5.92 Å². The van der Waals surface area contributed by atoms with Crippen LogP contribution >= 0.6 is 0 Å². The molecule has 1 aromatic rings. The van der Waals surface area contributed by atoms with Gasteiger partial charge in [-0.2, -0.15) is 0 Å². The molecule has 3 nitrogen and oxygen atoms in total. The van der Waals surface area contributed by atoms with Crippen LogP contribution < -0.4 is 10.2 Å². The van der Waals surface area contributed by atoms with Crippen molar-refractivity contribution in [3.8, 4) is 0 Å². The normalized spacial score (nSPS) is 17.4. The molecule has 112 valence electrons. The van der Waals surface area contributed by atoms with Gasteiger partial charge in [0.25, 0.3) is 0 Å². The first kappa shape index (κ1) is 15.3. The van der Waals surface area contributed by atoms with Crippen LogP contribution in [-0.2, 0) is 6.54 Å². The SMILES string of the molecule is CC1CCN(CCNCc2ccc(N(C)C)cc2)CC1. The van der Waals surface area contributed by atoms with Gasteiger partial charge in [-0.3, -0.25) is 0 Å². The van der Waals surface area contributed by atoms with Crippen LogP contribution in [-0.4, -0.2) is 45.2 Å². The summed E-state index contributed by atoms with van der Waals surface area (Å²) in [4.78, 5) is 4.72. The maximum Gasteiger partial charge on any atom is 0.0361 e. The van der Waals surface area contributed by atoms with Crippen molar-refractivity contribution in [1.29, 1.82) is 0 Å². The molecule has 1 saturated heterocycles. The lowest BCUT2D eigenvalue weighted by atomic mass is 9.99. The fourth-order valence-corrected chi connectivity index (χ4v) is 2.67. The van der Waals surface area contributed by atoms with E-state index in [1.807, 2.05) is 0 Å². The number of benzene rings is 1. The van der Waals surface area contributed by atoms with E-state index in [1.165, 1.54) is 43.7 Å². The number of nitrogens with zero attached hydrogens (tertiary/aromatic N) is 2. The van der Waals surface area contributed by atoms with Crippen LogP contribution in [0.25, 0.3) is 0 Å². The molecule has 1 aromatic carbocycles. The maximum atomic E-state index is 3.55. The predicted octanol–water partition coefficient (Wildman–Crippen LogP) is 2.57. The van der Waals surface area contributed by atoms with Gasteiger partial charge in [-0.25, -0.2) is 0 Å². The van der Waals surface area contributed by atoms with Gasteiger partial charge in [-0.15, -0.1) is 0 Å². The van der Waals surface area contributed by atoms with Crippen molar-refractivity contribution < 1.29 is 0 Å². The Labute approximate surface area is 124 Å². The molecule has 0 spiro atoms. The molecule has 1 N–H and O–H groups in total. The largest absolute Gasteiger partial charge is 0.378 e. The van der Waals surface area contributed by atoms with Crippen LogP contribution in [0.3, 0.4) is 0 Å². The average molecular weight is 275 g/mol. The summed E-state index contributed by atoms with van der Waals surface area (Å²) < 4.78 is 0. The van der Waals surface area contributed by atoms with E-state index in [0.717, 1.165) is 19.0 Å². The Kier molecular flexibility index (Phi) is 5.86. The van der Waals surface area contributed by atoms with E-state index in [9.17, 15) is 0 Å². The molecule has 0 radical (unpaired) electrons. The number of piperidine rings is 1. The van der Waals surface area contributed by atoms with E-state index in [0.29, 0.717) is 0 Å². The fraction of sp³-hybridized carbons (Fsp3) is 0.647. The number of hydrogen-bond donors (Lipinski definition) is 1. The standard InChI is InChI=1S/C17H29N3/c1-15-8-11-20(12-9-15)13-10-18-14-16-4-6-17(7-5-16)19(2)3/h4-7,15,18H,8-14H2,1-3H3. The summed E-state index contributed by atoms with van der Waals surface area (Å²) in [5.74, 6) is 0.925. The van der Waals surface area contributed by atoms with Crippen LogP contribution in [0.4, 0.5) is 5.69 Å². The minimum Gasteiger partial charge on any atom is -0.378 e. The lowest BCUT2D eigenvalue weighted by Gasteiger charge is -2.30. The van der Waals surface area contributed by atoms with Crippen molar-refractivity contribution in [3.63, 3.8) is 0 Å². The summed E-state index contributed by atoms with van der Waals surface area (Å²) in [7, 11) is 4.15. The molecule has 0 unspecified atom stereocenters. The molecule has 1 heterocycles. The van der Waals surface area contributed by atoms with Gasteiger partial charge in [-0.1, -0.05) is 19.1 Å². The second kappa shape index (κ2) is 7.65. The summed E-state index contributed by atoms with van der Waals surface area (Å²) in [5, 5.41) is 3.55. The quantitative estimate of drug-likeness (QED) is 0.805. The Balaban J connectivity index is 1.63. The molecule has 0 amide bonds. The highest BCUT2D eigenvalue weighted by Crippen LogP contribution is 2.15. The third-order valence-electron chi connectivity index (χ3n) is 4.26. The number of hydrogen-bond acceptors (Lipinski definition) is 3. The van der Waals surface area contributed by atoms with E-state index in [2.05, 4.69) is 60.4 Å². The molecule has 20 heavy (non-hydrogen) atoms. The second-order valence-corrected chi connectivity index (χ2v) is 6.26. The number of likely N-dealkylation sites (tertiary alicyclic amines) is 1. The third-order valence-corrected chi connectivity index (χ3v) is 4.26. The Morgan fingerprint density at radius 2 is 1.80 bits per heavy atom. The zero-order valence-electron chi connectivity index (χ0n) is 13.2. The summed E-state index contributed by atoms with van der Waals surface area (Å²) in [6, 6.07) is 8.79. The average Bonchev–Trinajstić information content (AvgIpc) is 2.46. The van der Waals surface area contributed by atoms with E-state index in [1.54, 1.807) is 0 Å². The van der Waals surface area contributed by atoms with Gasteiger partial charge in [0, 0.05) is 39.4 Å². The molecule has 0 aliphatic carbocycles. The first-order valence-corrected chi connectivity index (χ1v) is 7.84. The van der Waals surface area contributed by atoms with Crippen molar-refractivity contribution in [1.82, 2.24) is 10.2 Å². The van der Waals surface area contributed by atoms with E-state index in [4.69, 9.17) is 0 Å². The monoisotopic (exact) mass is 275 g/mol. The predicted molar refractivity (Wildman–Crippen MR) is 87.3 cm³/mol. The van der Waals surface area contributed by atoms with E-state index < -0.39 is 0 Å². The second-order valence-electron chi connectivity index (χ2n) is 6.26. The molecular formula is C17H29N3. The smallest absolute Gasteiger partial charge is 0.0361 e. The van der Waals surface area contributed by atoms with Crippen molar-refractivity contribution >= 4 is 5.69 Å². The fourth-order valence-electron chi connectivity index (χ4n) is 2.67. The zero-order chi connectivity index (χ0) is 14.4. The van der Waals surface area contributed by atoms with Crippen LogP contribution in [0, 0.1) is 5.92 Å². The minimum absolute atomic E-state index is 0.925. The Morgan fingerprint density at radius 3 is 2.40 bits per heavy atom. The van der Waals surface area contributed by atoms with Crippen molar-refractivity contribution in [3.05, 3.63) is 29.8 Å². The molecule has 0 aromatic heterocycles. The molecule has 0 saturated carbocycles. The Hall–Kier alpha value is -1.06. The highest BCUT2D eigenvalue weighted by molar-refractivity contribution is 5.45. The number of nitrogens with one attached hydrogen (secondary N) is 1. The lowest BCUT2D eigenvalue weighted by Crippen LogP contribution is -2.37. The van der Waals surface area contributed by atoms with Crippen LogP contribution in [0.15, 0.2) is 24.3 Å². The molecule has 1 fully saturated rings. The van der Waals surface area contributed by atoms with Crippen LogP contribution in [0.2, 0.25) is 0 Å². The van der Waals surface area contributed by atoms with Crippen molar-refractivity contribution in [2.45, 2.75) is 26.3 Å². The molecule has 0 atom stereocenters. The lowest BCUT2D eigenvalue weighted by molar-refractivity contribution is 0.193. The van der Waals surface area contributed by atoms with Crippen molar-refractivity contribution in [2.75, 3.05) is 45.2 Å². The summed E-state index contributed by atoms with van der Waals surface area (Å²) in [5.41, 5.74) is 2.62. The van der Waals surface area contributed by atoms with E-state index >= 15 is 0 Å². The van der Waals surface area contributed by atoms with Crippen LogP contribution in [0.1, 0.15) is 25.3 Å². The first-order chi connectivity index (χ1) is 9.65. The van der Waals surface area contributed by atoms with Gasteiger partial charge < -0.3 is 15.1 Å². The maximum absolute atomic E-state index is 3.55. The molecule has 2 rings (SSSR count). The number of rotatable bonds is 6. The molecule has 3 heteroatoms. The molecular weight excluding hydrogens is 246 g/mol. The van der Waals surface area contributed by atoms with Gasteiger partial charge in [0.05, 0.1) is 0 Å². The highest BCUT2D eigenvalue weighted by Gasteiger charge is 2.14. The topological polar surface area (TPSA) is 18.5 Å². The Bertz CT molecular complexity index is 378. The molecule has 1 aliphatic rings. The Morgan fingerprint density at radius 1 is 1.15 bits per heavy atom. The number of anilines is 1. The van der Waals surface area contributed by atoms with Gasteiger partial charge >= 0.3 is 0 Å². The van der Waals surface area contributed by atoms with Gasteiger partial charge in [0.1, 0.15) is 0 Å². The van der Waals surface area contributed by atoms with Gasteiger partial charge in [-0.05, 0) is 49.5 Å². The van der Waals surface area contributed by atoms with Crippen LogP contribution in [0.5, 0.6) is 0 Å². The molecule has 0 bridgehead atoms. The summed E-state index contributed by atoms with van der Waals surface area (Å²) in [6.07, 6.45) is 2.73. The molecule has 1 aliphatic heterocycles. The minimum atomic E-state index is 0.925. The van der Waals surface area contributed by atoms with Gasteiger partial charge in [0.2, 0.25) is 0 Å². The highest BCUT2D eigenvalue weighted by atomic mass is 15.1. The third kappa shape index (κ3) is 4.80. The first-order valence-electron chi connectivity index (χ1n) is 7.84. The van der Waals surface area contributed by atoms with Gasteiger partial charge in [0.15, 0.2) is 0 Å². The zero-order valence-corrected chi connectivity index (χ0v) is 13.2. The summed E-state index contributed by atoms with van der Waals surface area (Å²) >= 11 is 0. The van der Waals surface area contributed by atoms with E-state index in [-0.39, 0.29) is 0 Å². The summed E-state index contributed by atoms with van der Waals surface area (Å²) in [6.45, 7) is 8.16.